The maximum absolute atomic E-state index is 3.54. The highest BCUT2D eigenvalue weighted by Gasteiger charge is 2.38. The Morgan fingerprint density at radius 2 is 1.65 bits per heavy atom. The van der Waals surface area contributed by atoms with Gasteiger partial charge in [0.05, 0.1) is 0 Å². The van der Waals surface area contributed by atoms with Crippen molar-refractivity contribution in [2.24, 2.45) is 0 Å². The van der Waals surface area contributed by atoms with E-state index in [-0.39, 0.29) is 0 Å². The van der Waals surface area contributed by atoms with E-state index in [2.05, 4.69) is 51.3 Å². The Hall–Kier alpha value is -0.340. The second-order valence-corrected chi connectivity index (χ2v) is 5.92. The van der Waals surface area contributed by atoms with E-state index in [1.54, 1.807) is 0 Å². The molecular formula is C15H30N2. The lowest BCUT2D eigenvalue weighted by Gasteiger charge is -2.45. The summed E-state index contributed by atoms with van der Waals surface area (Å²) in [5.74, 6) is 0. The molecule has 0 spiro atoms. The van der Waals surface area contributed by atoms with Gasteiger partial charge in [-0.1, -0.05) is 37.3 Å². The molecule has 1 aliphatic carbocycles. The molecule has 0 saturated heterocycles. The normalized spacial score (nSPS) is 22.0. The van der Waals surface area contributed by atoms with Crippen LogP contribution < -0.4 is 5.32 Å². The van der Waals surface area contributed by atoms with Crippen molar-refractivity contribution in [2.75, 3.05) is 21.1 Å². The van der Waals surface area contributed by atoms with Gasteiger partial charge < -0.3 is 10.2 Å². The number of likely N-dealkylation sites (N-methyl/N-ethyl adjacent to an activating group) is 2. The SMILES string of the molecule is CNC(C=C(C)C)C1(N(C)C)CCCCCC1. The largest absolute Gasteiger partial charge is 0.312 e. The molecule has 1 saturated carbocycles. The Bertz CT molecular complexity index is 244. The molecule has 2 heteroatoms. The minimum Gasteiger partial charge on any atom is -0.312 e. The number of nitrogens with one attached hydrogen (secondary N) is 1. The lowest BCUT2D eigenvalue weighted by atomic mass is 9.80. The highest BCUT2D eigenvalue weighted by molar-refractivity contribution is 5.12. The molecule has 0 aliphatic heterocycles. The van der Waals surface area contributed by atoms with Crippen LogP contribution in [0, 0.1) is 0 Å². The number of hydrogen-bond acceptors (Lipinski definition) is 2. The number of rotatable bonds is 4. The Kier molecular flexibility index (Phi) is 5.68. The lowest BCUT2D eigenvalue weighted by Crippen LogP contribution is -2.57. The predicted octanol–water partition coefficient (Wildman–Crippen LogP) is 3.20. The van der Waals surface area contributed by atoms with Gasteiger partial charge >= 0.3 is 0 Å². The van der Waals surface area contributed by atoms with Crippen molar-refractivity contribution in [3.05, 3.63) is 11.6 Å². The molecule has 1 fully saturated rings. The van der Waals surface area contributed by atoms with E-state index in [0.29, 0.717) is 11.6 Å². The van der Waals surface area contributed by atoms with Crippen molar-refractivity contribution in [2.45, 2.75) is 64.0 Å². The minimum absolute atomic E-state index is 0.308. The Balaban J connectivity index is 2.98. The third-order valence-electron chi connectivity index (χ3n) is 4.25. The molecule has 1 atom stereocenters. The second kappa shape index (κ2) is 6.55. The number of allylic oxidation sites excluding steroid dienone is 1. The van der Waals surface area contributed by atoms with E-state index in [1.807, 2.05) is 0 Å². The standard InChI is InChI=1S/C15H30N2/c1-13(2)12-14(16-3)15(17(4)5)10-8-6-7-9-11-15/h12,14,16H,6-11H2,1-5H3. The topological polar surface area (TPSA) is 15.3 Å². The van der Waals surface area contributed by atoms with E-state index >= 15 is 0 Å². The van der Waals surface area contributed by atoms with E-state index in [4.69, 9.17) is 0 Å². The summed E-state index contributed by atoms with van der Waals surface area (Å²) in [7, 11) is 6.59. The zero-order valence-corrected chi connectivity index (χ0v) is 12.3. The molecule has 1 N–H and O–H groups in total. The van der Waals surface area contributed by atoms with E-state index in [0.717, 1.165) is 0 Å². The average Bonchev–Trinajstić information content (AvgIpc) is 2.51. The summed E-state index contributed by atoms with van der Waals surface area (Å²) in [4.78, 5) is 2.46. The maximum atomic E-state index is 3.54. The van der Waals surface area contributed by atoms with E-state index in [1.165, 1.54) is 44.1 Å². The summed E-state index contributed by atoms with van der Waals surface area (Å²) >= 11 is 0. The van der Waals surface area contributed by atoms with Crippen LogP contribution in [0.15, 0.2) is 11.6 Å². The van der Waals surface area contributed by atoms with Crippen molar-refractivity contribution in [1.82, 2.24) is 10.2 Å². The van der Waals surface area contributed by atoms with Gasteiger partial charge in [0.15, 0.2) is 0 Å². The summed E-state index contributed by atoms with van der Waals surface area (Å²) in [6.45, 7) is 4.40. The summed E-state index contributed by atoms with van der Waals surface area (Å²) in [6.07, 6.45) is 10.6. The fourth-order valence-corrected chi connectivity index (χ4v) is 3.22. The first kappa shape index (κ1) is 14.7. The summed E-state index contributed by atoms with van der Waals surface area (Å²) in [5.41, 5.74) is 1.72. The predicted molar refractivity (Wildman–Crippen MR) is 76.4 cm³/mol. The van der Waals surface area contributed by atoms with Crippen LogP contribution >= 0.6 is 0 Å². The molecule has 17 heavy (non-hydrogen) atoms. The third-order valence-corrected chi connectivity index (χ3v) is 4.25. The van der Waals surface area contributed by atoms with E-state index < -0.39 is 0 Å². The molecule has 0 aromatic rings. The average molecular weight is 238 g/mol. The fourth-order valence-electron chi connectivity index (χ4n) is 3.22. The summed E-state index contributed by atoms with van der Waals surface area (Å²) < 4.78 is 0. The lowest BCUT2D eigenvalue weighted by molar-refractivity contribution is 0.102. The molecule has 0 aromatic carbocycles. The van der Waals surface area contributed by atoms with Gasteiger partial charge in [-0.3, -0.25) is 0 Å². The van der Waals surface area contributed by atoms with Crippen molar-refractivity contribution in [1.29, 1.82) is 0 Å². The molecule has 1 aliphatic rings. The molecule has 0 bridgehead atoms. The number of hydrogen-bond donors (Lipinski definition) is 1. The highest BCUT2D eigenvalue weighted by Crippen LogP contribution is 2.34. The van der Waals surface area contributed by atoms with Crippen molar-refractivity contribution < 1.29 is 0 Å². The maximum Gasteiger partial charge on any atom is 0.0436 e. The van der Waals surface area contributed by atoms with Crippen LogP contribution in [0.5, 0.6) is 0 Å². The van der Waals surface area contributed by atoms with Crippen LogP contribution in [0.1, 0.15) is 52.4 Å². The summed E-state index contributed by atoms with van der Waals surface area (Å²) in [6, 6.07) is 0.473. The molecule has 0 radical (unpaired) electrons. The van der Waals surface area contributed by atoms with Gasteiger partial charge in [-0.25, -0.2) is 0 Å². The van der Waals surface area contributed by atoms with Crippen LogP contribution in [-0.4, -0.2) is 37.6 Å². The van der Waals surface area contributed by atoms with Crippen molar-refractivity contribution in [3.63, 3.8) is 0 Å². The van der Waals surface area contributed by atoms with Crippen molar-refractivity contribution >= 4 is 0 Å². The molecule has 0 aromatic heterocycles. The smallest absolute Gasteiger partial charge is 0.0436 e. The molecule has 0 amide bonds. The quantitative estimate of drug-likeness (QED) is 0.598. The van der Waals surface area contributed by atoms with Gasteiger partial charge in [0, 0.05) is 11.6 Å². The first-order chi connectivity index (χ1) is 8.03. The molecule has 1 unspecified atom stereocenters. The number of nitrogens with zero attached hydrogens (tertiary/aromatic N) is 1. The van der Waals surface area contributed by atoms with Crippen molar-refractivity contribution in [3.8, 4) is 0 Å². The Morgan fingerprint density at radius 3 is 2.00 bits per heavy atom. The minimum atomic E-state index is 0.308. The molecule has 0 heterocycles. The van der Waals surface area contributed by atoms with Crippen LogP contribution in [0.4, 0.5) is 0 Å². The highest BCUT2D eigenvalue weighted by atomic mass is 15.2. The third kappa shape index (κ3) is 3.56. The fraction of sp³-hybridized carbons (Fsp3) is 0.867. The zero-order chi connectivity index (χ0) is 12.9. The molecule has 1 rings (SSSR count). The molecule has 2 nitrogen and oxygen atoms in total. The van der Waals surface area contributed by atoms with Gasteiger partial charge in [-0.2, -0.15) is 0 Å². The van der Waals surface area contributed by atoms with E-state index in [9.17, 15) is 0 Å². The molecule has 100 valence electrons. The van der Waals surface area contributed by atoms with Crippen LogP contribution in [0.2, 0.25) is 0 Å². The first-order valence-corrected chi connectivity index (χ1v) is 7.02. The summed E-state index contributed by atoms with van der Waals surface area (Å²) in [5, 5.41) is 3.54. The van der Waals surface area contributed by atoms with Gasteiger partial charge in [-0.15, -0.1) is 0 Å². The monoisotopic (exact) mass is 238 g/mol. The van der Waals surface area contributed by atoms with Gasteiger partial charge in [-0.05, 0) is 47.8 Å². The zero-order valence-electron chi connectivity index (χ0n) is 12.3. The molecular weight excluding hydrogens is 208 g/mol. The van der Waals surface area contributed by atoms with Gasteiger partial charge in [0.2, 0.25) is 0 Å². The van der Waals surface area contributed by atoms with Crippen LogP contribution in [0.25, 0.3) is 0 Å². The first-order valence-electron chi connectivity index (χ1n) is 7.02. The Labute approximate surface area is 107 Å². The van der Waals surface area contributed by atoms with Gasteiger partial charge in [0.1, 0.15) is 0 Å². The second-order valence-electron chi connectivity index (χ2n) is 5.92. The Morgan fingerprint density at radius 1 is 1.12 bits per heavy atom. The van der Waals surface area contributed by atoms with Crippen LogP contribution in [0.3, 0.4) is 0 Å². The van der Waals surface area contributed by atoms with Gasteiger partial charge in [0.25, 0.3) is 0 Å². The van der Waals surface area contributed by atoms with Crippen LogP contribution in [-0.2, 0) is 0 Å².